The fourth-order valence-corrected chi connectivity index (χ4v) is 7.87. The van der Waals surface area contributed by atoms with Gasteiger partial charge in [-0.25, -0.2) is 8.78 Å². The van der Waals surface area contributed by atoms with Gasteiger partial charge in [0.05, 0.1) is 5.41 Å². The van der Waals surface area contributed by atoms with Crippen LogP contribution < -0.4 is 5.32 Å². The van der Waals surface area contributed by atoms with Crippen LogP contribution >= 0.6 is 0 Å². The van der Waals surface area contributed by atoms with E-state index in [1.54, 1.807) is 42.5 Å². The summed E-state index contributed by atoms with van der Waals surface area (Å²) in [6.45, 7) is 1.94. The minimum Gasteiger partial charge on any atom is -0.297 e. The van der Waals surface area contributed by atoms with E-state index in [1.165, 1.54) is 12.1 Å². The largest absolute Gasteiger partial charge is 0.297 e. The monoisotopic (exact) mass is 519 g/mol. The zero-order valence-corrected chi connectivity index (χ0v) is 21.5. The molecule has 1 heterocycles. The summed E-state index contributed by atoms with van der Waals surface area (Å²) in [4.78, 5) is 29.6. The Labute approximate surface area is 225 Å². The maximum absolute atomic E-state index is 15.6. The highest BCUT2D eigenvalue weighted by Crippen LogP contribution is 2.66. The summed E-state index contributed by atoms with van der Waals surface area (Å²) in [5, 5.41) is 5.38. The molecule has 1 N–H and O–H groups in total. The number of benzene rings is 4. The van der Waals surface area contributed by atoms with Gasteiger partial charge in [-0.15, -0.1) is 0 Å². The quantitative estimate of drug-likeness (QED) is 0.287. The third-order valence-corrected chi connectivity index (χ3v) is 9.23. The van der Waals surface area contributed by atoms with Crippen molar-refractivity contribution in [2.75, 3.05) is 0 Å². The number of halogens is 2. The summed E-state index contributed by atoms with van der Waals surface area (Å²) < 4.78 is 30.3. The van der Waals surface area contributed by atoms with Crippen LogP contribution in [0.1, 0.15) is 59.2 Å². The van der Waals surface area contributed by atoms with E-state index >= 15 is 4.39 Å². The van der Waals surface area contributed by atoms with Crippen LogP contribution in [0.3, 0.4) is 0 Å². The number of carbonyl (C=O) groups excluding carboxylic acids is 2. The molecule has 1 aliphatic heterocycles. The van der Waals surface area contributed by atoms with E-state index < -0.39 is 28.5 Å². The topological polar surface area (TPSA) is 46.2 Å². The van der Waals surface area contributed by atoms with Crippen LogP contribution in [-0.4, -0.2) is 17.6 Å². The normalized spacial score (nSPS) is 28.8. The second kappa shape index (κ2) is 8.52. The number of allylic oxidation sites excluding steroid dienone is 1. The third-order valence-electron chi connectivity index (χ3n) is 9.23. The SMILES string of the molecule is CC1N[C@@]2(C(=O)c3cccc4cccc2c34)[C@@]2(CCC/C(=C\c3ccccc3F)C2=O)[C@H]1c1ccccc1F. The average Bonchev–Trinajstić information content (AvgIpc) is 3.34. The molecule has 4 atom stereocenters. The predicted molar refractivity (Wildman–Crippen MR) is 147 cm³/mol. The first kappa shape index (κ1) is 24.1. The lowest BCUT2D eigenvalue weighted by molar-refractivity contribution is -0.130. The Balaban J connectivity index is 1.54. The summed E-state index contributed by atoms with van der Waals surface area (Å²) in [5.41, 5.74) is -0.0923. The molecule has 2 aliphatic carbocycles. The van der Waals surface area contributed by atoms with E-state index in [4.69, 9.17) is 0 Å². The predicted octanol–water partition coefficient (Wildman–Crippen LogP) is 7.11. The Hall–Kier alpha value is -3.96. The molecule has 4 aromatic carbocycles. The molecule has 2 spiro atoms. The van der Waals surface area contributed by atoms with E-state index in [2.05, 4.69) is 5.32 Å². The van der Waals surface area contributed by atoms with Gasteiger partial charge in [-0.1, -0.05) is 72.8 Å². The molecule has 194 valence electrons. The number of fused-ring (bicyclic) bond motifs is 2. The number of ketones is 2. The van der Waals surface area contributed by atoms with Crippen molar-refractivity contribution in [1.82, 2.24) is 5.32 Å². The van der Waals surface area contributed by atoms with Gasteiger partial charge in [0.1, 0.15) is 17.2 Å². The summed E-state index contributed by atoms with van der Waals surface area (Å²) in [6.07, 6.45) is 3.12. The molecular weight excluding hydrogens is 492 g/mol. The van der Waals surface area contributed by atoms with Crippen molar-refractivity contribution in [3.05, 3.63) is 124 Å². The second-order valence-corrected chi connectivity index (χ2v) is 11.1. The van der Waals surface area contributed by atoms with Gasteiger partial charge in [-0.2, -0.15) is 0 Å². The summed E-state index contributed by atoms with van der Waals surface area (Å²) in [6, 6.07) is 24.0. The van der Waals surface area contributed by atoms with Crippen molar-refractivity contribution < 1.29 is 18.4 Å². The van der Waals surface area contributed by atoms with Crippen LogP contribution in [-0.2, 0) is 10.3 Å². The van der Waals surface area contributed by atoms with Gasteiger partial charge in [-0.05, 0) is 71.9 Å². The number of carbonyl (C=O) groups is 2. The number of hydrogen-bond acceptors (Lipinski definition) is 3. The zero-order valence-electron chi connectivity index (χ0n) is 21.5. The lowest BCUT2D eigenvalue weighted by Gasteiger charge is -2.47. The van der Waals surface area contributed by atoms with Crippen LogP contribution in [0.2, 0.25) is 0 Å². The van der Waals surface area contributed by atoms with E-state index in [0.717, 1.165) is 16.3 Å². The Morgan fingerprint density at radius 2 is 1.56 bits per heavy atom. The zero-order chi connectivity index (χ0) is 26.9. The Kier molecular flexibility index (Phi) is 5.27. The van der Waals surface area contributed by atoms with E-state index in [9.17, 15) is 14.0 Å². The lowest BCUT2D eigenvalue weighted by Crippen LogP contribution is -2.59. The smallest absolute Gasteiger partial charge is 0.189 e. The molecule has 4 aromatic rings. The highest BCUT2D eigenvalue weighted by atomic mass is 19.1. The molecule has 1 unspecified atom stereocenters. The highest BCUT2D eigenvalue weighted by molar-refractivity contribution is 6.24. The van der Waals surface area contributed by atoms with Gasteiger partial charge in [0.25, 0.3) is 0 Å². The number of nitrogens with one attached hydrogen (secondary N) is 1. The molecule has 1 saturated carbocycles. The average molecular weight is 520 g/mol. The fourth-order valence-electron chi connectivity index (χ4n) is 7.87. The van der Waals surface area contributed by atoms with Crippen molar-refractivity contribution >= 4 is 28.4 Å². The third kappa shape index (κ3) is 3.05. The number of rotatable bonds is 2. The van der Waals surface area contributed by atoms with Crippen LogP contribution in [0, 0.1) is 17.0 Å². The Bertz CT molecular complexity index is 1720. The molecule has 3 nitrogen and oxygen atoms in total. The first-order chi connectivity index (χ1) is 18.9. The maximum Gasteiger partial charge on any atom is 0.189 e. The maximum atomic E-state index is 15.6. The van der Waals surface area contributed by atoms with Crippen LogP contribution in [0.5, 0.6) is 0 Å². The lowest BCUT2D eigenvalue weighted by atomic mass is 9.52. The van der Waals surface area contributed by atoms with Crippen molar-refractivity contribution in [3.63, 3.8) is 0 Å². The van der Waals surface area contributed by atoms with E-state index in [1.807, 2.05) is 43.3 Å². The first-order valence-corrected chi connectivity index (χ1v) is 13.5. The van der Waals surface area contributed by atoms with Crippen molar-refractivity contribution in [3.8, 4) is 0 Å². The Morgan fingerprint density at radius 1 is 0.846 bits per heavy atom. The fraction of sp³-hybridized carbons (Fsp3) is 0.235. The van der Waals surface area contributed by atoms with E-state index in [0.29, 0.717) is 41.5 Å². The number of hydrogen-bond donors (Lipinski definition) is 1. The molecule has 39 heavy (non-hydrogen) atoms. The van der Waals surface area contributed by atoms with Gasteiger partial charge in [0, 0.05) is 23.1 Å². The van der Waals surface area contributed by atoms with Gasteiger partial charge in [0.2, 0.25) is 0 Å². The number of Topliss-reactive ketones (excluding diaryl/α,β-unsaturated/α-hetero) is 2. The summed E-state index contributed by atoms with van der Waals surface area (Å²) in [7, 11) is 0. The minimum absolute atomic E-state index is 0.152. The van der Waals surface area contributed by atoms with Gasteiger partial charge in [0.15, 0.2) is 11.6 Å². The molecule has 3 aliphatic rings. The molecule has 0 amide bonds. The molecule has 5 heteroatoms. The first-order valence-electron chi connectivity index (χ1n) is 13.5. The van der Waals surface area contributed by atoms with Gasteiger partial charge < -0.3 is 0 Å². The van der Waals surface area contributed by atoms with Gasteiger partial charge >= 0.3 is 0 Å². The minimum atomic E-state index is -1.37. The summed E-state index contributed by atoms with van der Waals surface area (Å²) in [5.74, 6) is -1.78. The van der Waals surface area contributed by atoms with Crippen LogP contribution in [0.25, 0.3) is 16.8 Å². The molecule has 0 bridgehead atoms. The van der Waals surface area contributed by atoms with Crippen molar-refractivity contribution in [1.29, 1.82) is 0 Å². The highest BCUT2D eigenvalue weighted by Gasteiger charge is 2.73. The van der Waals surface area contributed by atoms with E-state index in [-0.39, 0.29) is 17.6 Å². The molecule has 0 radical (unpaired) electrons. The second-order valence-electron chi connectivity index (χ2n) is 11.1. The van der Waals surface area contributed by atoms with Crippen LogP contribution in [0.4, 0.5) is 8.78 Å². The molecule has 1 saturated heterocycles. The van der Waals surface area contributed by atoms with Gasteiger partial charge in [-0.3, -0.25) is 14.9 Å². The Morgan fingerprint density at radius 3 is 2.33 bits per heavy atom. The van der Waals surface area contributed by atoms with Crippen LogP contribution in [0.15, 0.2) is 90.5 Å². The molecule has 0 aromatic heterocycles. The van der Waals surface area contributed by atoms with Crippen molar-refractivity contribution in [2.45, 2.75) is 43.7 Å². The standard InChI is InChI=1S/C34H27F2NO2/c1-20-30(24-13-3-5-17-28(24)36)33(18-8-12-23(31(33)38)19-22-9-2-4-16-27(22)35)34(37-20)26-15-7-11-21-10-6-14-25(29(21)26)32(34)39/h2-7,9-11,13-17,19-20,30,37H,8,12,18H2,1H3/b23-19+/t20?,30-,33+,34+/m1/s1. The van der Waals surface area contributed by atoms with Crippen molar-refractivity contribution in [2.24, 2.45) is 5.41 Å². The summed E-state index contributed by atoms with van der Waals surface area (Å²) >= 11 is 0. The molecular formula is C34H27F2NO2. The molecule has 7 rings (SSSR count). The molecule has 2 fully saturated rings.